The van der Waals surface area contributed by atoms with Crippen LogP contribution in [0.15, 0.2) is 34.7 Å². The number of carbonyl (C=O) groups is 1. The normalized spacial score (nSPS) is 26.4. The van der Waals surface area contributed by atoms with Crippen molar-refractivity contribution < 1.29 is 13.9 Å². The lowest BCUT2D eigenvalue weighted by Gasteiger charge is -2.32. The number of methoxy groups -OCH3 is 1. The summed E-state index contributed by atoms with van der Waals surface area (Å²) >= 11 is 0. The molecule has 3 atom stereocenters. The maximum Gasteiger partial charge on any atom is 0.323 e. The second kappa shape index (κ2) is 6.96. The maximum absolute atomic E-state index is 12.3. The molecule has 1 saturated heterocycles. The summed E-state index contributed by atoms with van der Waals surface area (Å²) in [7, 11) is 1.46. The standard InChI is InChI=1S/C19H23N3O3/c1-24-19(23)16-11-14-9-5-6-10-15(14)22(16)12-17-20-21-18(25-17)13-7-3-2-4-8-13/h2-4,7-8,14-16H,5-6,9-12H2,1H3/t14-,15+,16+/m1/s1. The molecular formula is C19H23N3O3. The maximum atomic E-state index is 12.3. The number of esters is 1. The molecule has 0 N–H and O–H groups in total. The number of fused-ring (bicyclic) bond motifs is 1. The Morgan fingerprint density at radius 2 is 2.04 bits per heavy atom. The Bertz CT molecular complexity index is 731. The number of hydrogen-bond donors (Lipinski definition) is 0. The van der Waals surface area contributed by atoms with E-state index in [1.807, 2.05) is 30.3 Å². The van der Waals surface area contributed by atoms with E-state index in [0.29, 0.717) is 30.3 Å². The minimum Gasteiger partial charge on any atom is -0.468 e. The highest BCUT2D eigenvalue weighted by atomic mass is 16.5. The molecule has 2 fully saturated rings. The minimum atomic E-state index is -0.204. The number of nitrogens with zero attached hydrogens (tertiary/aromatic N) is 3. The monoisotopic (exact) mass is 341 g/mol. The summed E-state index contributed by atoms with van der Waals surface area (Å²) in [6.07, 6.45) is 5.65. The molecule has 6 nitrogen and oxygen atoms in total. The molecular weight excluding hydrogens is 318 g/mol. The summed E-state index contributed by atoms with van der Waals surface area (Å²) in [6, 6.07) is 9.94. The largest absolute Gasteiger partial charge is 0.468 e. The van der Waals surface area contributed by atoms with Crippen molar-refractivity contribution in [1.29, 1.82) is 0 Å². The molecule has 1 saturated carbocycles. The molecule has 2 aliphatic rings. The van der Waals surface area contributed by atoms with Crippen LogP contribution in [0.4, 0.5) is 0 Å². The first kappa shape index (κ1) is 16.3. The van der Waals surface area contributed by atoms with Gasteiger partial charge in [0.1, 0.15) is 6.04 Å². The van der Waals surface area contributed by atoms with Gasteiger partial charge in [-0.05, 0) is 37.3 Å². The number of rotatable bonds is 4. The van der Waals surface area contributed by atoms with Crippen molar-refractivity contribution in [3.8, 4) is 11.5 Å². The summed E-state index contributed by atoms with van der Waals surface area (Å²) in [6.45, 7) is 0.501. The van der Waals surface area contributed by atoms with Crippen LogP contribution in [0.25, 0.3) is 11.5 Å². The van der Waals surface area contributed by atoms with Gasteiger partial charge >= 0.3 is 5.97 Å². The van der Waals surface area contributed by atoms with Crippen LogP contribution in [0.5, 0.6) is 0 Å². The zero-order valence-corrected chi connectivity index (χ0v) is 14.4. The van der Waals surface area contributed by atoms with Crippen LogP contribution in [0.1, 0.15) is 38.0 Å². The van der Waals surface area contributed by atoms with Crippen LogP contribution in [-0.2, 0) is 16.1 Å². The quantitative estimate of drug-likeness (QED) is 0.796. The van der Waals surface area contributed by atoms with Gasteiger partial charge in [0.15, 0.2) is 0 Å². The van der Waals surface area contributed by atoms with Crippen LogP contribution >= 0.6 is 0 Å². The average molecular weight is 341 g/mol. The molecule has 0 radical (unpaired) electrons. The average Bonchev–Trinajstić information content (AvgIpc) is 3.27. The summed E-state index contributed by atoms with van der Waals surface area (Å²) in [5.74, 6) is 1.48. The number of aromatic nitrogens is 2. The molecule has 2 aromatic rings. The van der Waals surface area contributed by atoms with Crippen molar-refractivity contribution >= 4 is 5.97 Å². The molecule has 1 aliphatic carbocycles. The summed E-state index contributed by atoms with van der Waals surface area (Å²) in [5.41, 5.74) is 0.905. The van der Waals surface area contributed by atoms with E-state index >= 15 is 0 Å². The summed E-state index contributed by atoms with van der Waals surface area (Å²) in [4.78, 5) is 14.5. The SMILES string of the molecule is COC(=O)[C@@H]1C[C@H]2CCCC[C@@H]2N1Cc1nnc(-c2ccccc2)o1. The van der Waals surface area contributed by atoms with Gasteiger partial charge in [-0.15, -0.1) is 10.2 Å². The molecule has 25 heavy (non-hydrogen) atoms. The Balaban J connectivity index is 1.55. The first-order chi connectivity index (χ1) is 12.3. The highest BCUT2D eigenvalue weighted by molar-refractivity contribution is 5.76. The van der Waals surface area contributed by atoms with E-state index in [9.17, 15) is 4.79 Å². The first-order valence-corrected chi connectivity index (χ1v) is 8.97. The van der Waals surface area contributed by atoms with Crippen molar-refractivity contribution in [3.05, 3.63) is 36.2 Å². The van der Waals surface area contributed by atoms with Gasteiger partial charge in [0, 0.05) is 11.6 Å². The zero-order chi connectivity index (χ0) is 17.2. The number of carbonyl (C=O) groups excluding carboxylic acids is 1. The molecule has 0 amide bonds. The fourth-order valence-corrected chi connectivity index (χ4v) is 4.32. The van der Waals surface area contributed by atoms with Crippen LogP contribution in [0, 0.1) is 5.92 Å². The van der Waals surface area contributed by atoms with Crippen molar-refractivity contribution in [1.82, 2.24) is 15.1 Å². The highest BCUT2D eigenvalue weighted by Gasteiger charge is 2.46. The summed E-state index contributed by atoms with van der Waals surface area (Å²) in [5, 5.41) is 8.37. The van der Waals surface area contributed by atoms with Gasteiger partial charge < -0.3 is 9.15 Å². The van der Waals surface area contributed by atoms with Crippen LogP contribution in [0.2, 0.25) is 0 Å². The molecule has 4 rings (SSSR count). The fraction of sp³-hybridized carbons (Fsp3) is 0.526. The Hall–Kier alpha value is -2.21. The van der Waals surface area contributed by atoms with Gasteiger partial charge in [-0.3, -0.25) is 9.69 Å². The smallest absolute Gasteiger partial charge is 0.323 e. The van der Waals surface area contributed by atoms with Crippen molar-refractivity contribution in [3.63, 3.8) is 0 Å². The Labute approximate surface area is 147 Å². The van der Waals surface area contributed by atoms with Crippen molar-refractivity contribution in [2.75, 3.05) is 7.11 Å². The van der Waals surface area contributed by atoms with Crippen molar-refractivity contribution in [2.45, 2.75) is 50.7 Å². The second-order valence-corrected chi connectivity index (χ2v) is 6.93. The van der Waals surface area contributed by atoms with Gasteiger partial charge in [0.2, 0.25) is 11.8 Å². The predicted octanol–water partition coefficient (Wildman–Crippen LogP) is 3.04. The molecule has 1 aromatic heterocycles. The molecule has 2 heterocycles. The molecule has 0 spiro atoms. The van der Waals surface area contributed by atoms with Crippen molar-refractivity contribution in [2.24, 2.45) is 5.92 Å². The molecule has 6 heteroatoms. The van der Waals surface area contributed by atoms with Gasteiger partial charge in [0.25, 0.3) is 0 Å². The van der Waals surface area contributed by atoms with E-state index in [4.69, 9.17) is 9.15 Å². The highest BCUT2D eigenvalue weighted by Crippen LogP contribution is 2.40. The van der Waals surface area contributed by atoms with E-state index in [2.05, 4.69) is 15.1 Å². The fourth-order valence-electron chi connectivity index (χ4n) is 4.32. The van der Waals surface area contributed by atoms with Crippen LogP contribution in [0.3, 0.4) is 0 Å². The lowest BCUT2D eigenvalue weighted by atomic mass is 9.85. The lowest BCUT2D eigenvalue weighted by Crippen LogP contribution is -2.42. The Morgan fingerprint density at radius 3 is 2.84 bits per heavy atom. The topological polar surface area (TPSA) is 68.5 Å². The van der Waals surface area contributed by atoms with Crippen LogP contribution < -0.4 is 0 Å². The van der Waals surface area contributed by atoms with E-state index in [1.165, 1.54) is 26.4 Å². The number of ether oxygens (including phenoxy) is 1. The van der Waals surface area contributed by atoms with E-state index in [-0.39, 0.29) is 12.0 Å². The Kier molecular flexibility index (Phi) is 4.53. The zero-order valence-electron chi connectivity index (χ0n) is 14.4. The van der Waals surface area contributed by atoms with E-state index in [1.54, 1.807) is 0 Å². The number of hydrogen-bond acceptors (Lipinski definition) is 6. The van der Waals surface area contributed by atoms with Gasteiger partial charge in [-0.25, -0.2) is 0 Å². The molecule has 1 aromatic carbocycles. The molecule has 0 bridgehead atoms. The number of benzene rings is 1. The van der Waals surface area contributed by atoms with E-state index < -0.39 is 0 Å². The summed E-state index contributed by atoms with van der Waals surface area (Å²) < 4.78 is 10.9. The van der Waals surface area contributed by atoms with Gasteiger partial charge in [0.05, 0.1) is 13.7 Å². The molecule has 0 unspecified atom stereocenters. The van der Waals surface area contributed by atoms with Gasteiger partial charge in [-0.2, -0.15) is 0 Å². The van der Waals surface area contributed by atoms with E-state index in [0.717, 1.165) is 18.4 Å². The Morgan fingerprint density at radius 1 is 1.24 bits per heavy atom. The predicted molar refractivity (Wildman–Crippen MR) is 91.4 cm³/mol. The lowest BCUT2D eigenvalue weighted by molar-refractivity contribution is -0.146. The third-order valence-electron chi connectivity index (χ3n) is 5.50. The number of likely N-dealkylation sites (tertiary alicyclic amines) is 1. The molecule has 132 valence electrons. The third-order valence-corrected chi connectivity index (χ3v) is 5.50. The second-order valence-electron chi connectivity index (χ2n) is 6.93. The van der Waals surface area contributed by atoms with Gasteiger partial charge in [-0.1, -0.05) is 31.0 Å². The third kappa shape index (κ3) is 3.18. The van der Waals surface area contributed by atoms with Crippen LogP contribution in [-0.4, -0.2) is 40.3 Å². The first-order valence-electron chi connectivity index (χ1n) is 8.97. The minimum absolute atomic E-state index is 0.155. The molecule has 1 aliphatic heterocycles.